The van der Waals surface area contributed by atoms with Crippen LogP contribution in [0.15, 0.2) is 24.3 Å². The summed E-state index contributed by atoms with van der Waals surface area (Å²) in [5.41, 5.74) is -0.410. The third-order valence-electron chi connectivity index (χ3n) is 1.86. The molecule has 2 heteroatoms. The Morgan fingerprint density at radius 3 is 2.44 bits per heavy atom. The highest BCUT2D eigenvalue weighted by atomic mass is 16.6. The van der Waals surface area contributed by atoms with Crippen LogP contribution in [0.25, 0.3) is 0 Å². The van der Waals surface area contributed by atoms with Crippen LogP contribution < -0.4 is 0 Å². The number of carbonyl (C=O) groups is 1. The maximum absolute atomic E-state index is 11.3. The molecular formula is C14H24O2. The Bertz CT molecular complexity index is 244. The number of allylic oxidation sites excluding steroid dienone is 3. The highest BCUT2D eigenvalue weighted by Gasteiger charge is 2.13. The van der Waals surface area contributed by atoms with E-state index >= 15 is 0 Å². The van der Waals surface area contributed by atoms with E-state index in [-0.39, 0.29) is 5.97 Å². The van der Waals surface area contributed by atoms with Gasteiger partial charge >= 0.3 is 5.97 Å². The summed E-state index contributed by atoms with van der Waals surface area (Å²) in [6, 6.07) is 0. The van der Waals surface area contributed by atoms with Crippen molar-refractivity contribution in [3.8, 4) is 0 Å². The van der Waals surface area contributed by atoms with Crippen molar-refractivity contribution >= 4 is 5.97 Å². The lowest BCUT2D eigenvalue weighted by Gasteiger charge is -2.17. The average Bonchev–Trinajstić information content (AvgIpc) is 2.13. The predicted octanol–water partition coefficient (Wildman–Crippen LogP) is 4.02. The molecule has 0 saturated carbocycles. The van der Waals surface area contributed by atoms with Crippen molar-refractivity contribution in [2.45, 2.75) is 59.0 Å². The smallest absolute Gasteiger partial charge is 0.331 e. The number of ether oxygens (including phenoxy) is 1. The normalized spacial score (nSPS) is 12.5. The number of hydrogen-bond acceptors (Lipinski definition) is 2. The van der Waals surface area contributed by atoms with Gasteiger partial charge in [-0.15, -0.1) is 0 Å². The van der Waals surface area contributed by atoms with Gasteiger partial charge in [0.05, 0.1) is 0 Å². The Labute approximate surface area is 99.4 Å². The predicted molar refractivity (Wildman–Crippen MR) is 68.3 cm³/mol. The van der Waals surface area contributed by atoms with Gasteiger partial charge in [0.25, 0.3) is 0 Å². The van der Waals surface area contributed by atoms with Crippen LogP contribution in [0.3, 0.4) is 0 Å². The minimum absolute atomic E-state index is 0.286. The van der Waals surface area contributed by atoms with Gasteiger partial charge < -0.3 is 4.74 Å². The van der Waals surface area contributed by atoms with Gasteiger partial charge in [-0.2, -0.15) is 0 Å². The van der Waals surface area contributed by atoms with Crippen LogP contribution in [0, 0.1) is 0 Å². The van der Waals surface area contributed by atoms with Gasteiger partial charge in [-0.25, -0.2) is 4.79 Å². The van der Waals surface area contributed by atoms with E-state index in [1.807, 2.05) is 26.8 Å². The lowest BCUT2D eigenvalue weighted by atomic mass is 10.2. The summed E-state index contributed by atoms with van der Waals surface area (Å²) in [5, 5.41) is 0. The Morgan fingerprint density at radius 2 is 1.88 bits per heavy atom. The molecule has 0 heterocycles. The Balaban J connectivity index is 3.71. The Kier molecular flexibility index (Phi) is 7.61. The van der Waals surface area contributed by atoms with Crippen molar-refractivity contribution in [3.05, 3.63) is 24.3 Å². The lowest BCUT2D eigenvalue weighted by Crippen LogP contribution is -2.22. The SMILES string of the molecule is CCCCC/C=C/C=C/C(=O)OC(C)(C)C. The molecule has 0 bridgehead atoms. The molecule has 0 aromatic heterocycles. The van der Waals surface area contributed by atoms with Gasteiger partial charge in [0, 0.05) is 6.08 Å². The van der Waals surface area contributed by atoms with Crippen LogP contribution in [-0.4, -0.2) is 11.6 Å². The van der Waals surface area contributed by atoms with Gasteiger partial charge in [-0.1, -0.05) is 38.0 Å². The molecule has 0 spiro atoms. The number of rotatable bonds is 6. The van der Waals surface area contributed by atoms with Crippen molar-refractivity contribution in [2.75, 3.05) is 0 Å². The molecule has 0 radical (unpaired) electrons. The van der Waals surface area contributed by atoms with Crippen molar-refractivity contribution in [2.24, 2.45) is 0 Å². The third-order valence-corrected chi connectivity index (χ3v) is 1.86. The van der Waals surface area contributed by atoms with Crippen molar-refractivity contribution in [1.82, 2.24) is 0 Å². The minimum atomic E-state index is -0.410. The average molecular weight is 224 g/mol. The van der Waals surface area contributed by atoms with E-state index < -0.39 is 5.60 Å². The third kappa shape index (κ3) is 11.0. The van der Waals surface area contributed by atoms with E-state index in [9.17, 15) is 4.79 Å². The molecule has 0 aliphatic heterocycles. The second kappa shape index (κ2) is 8.14. The molecular weight excluding hydrogens is 200 g/mol. The lowest BCUT2D eigenvalue weighted by molar-refractivity contribution is -0.148. The summed E-state index contributed by atoms with van der Waals surface area (Å²) >= 11 is 0. The standard InChI is InChI=1S/C14H24O2/c1-5-6-7-8-9-10-11-12-13(15)16-14(2,3)4/h9-12H,5-8H2,1-4H3/b10-9+,12-11+. The summed E-state index contributed by atoms with van der Waals surface area (Å²) in [6.45, 7) is 7.77. The first-order valence-corrected chi connectivity index (χ1v) is 6.02. The molecule has 2 nitrogen and oxygen atoms in total. The summed E-state index contributed by atoms with van der Waals surface area (Å²) in [5.74, 6) is -0.286. The van der Waals surface area contributed by atoms with E-state index in [2.05, 4.69) is 13.0 Å². The fraction of sp³-hybridized carbons (Fsp3) is 0.643. The molecule has 0 fully saturated rings. The van der Waals surface area contributed by atoms with E-state index in [0.717, 1.165) is 6.42 Å². The number of esters is 1. The van der Waals surface area contributed by atoms with E-state index in [4.69, 9.17) is 4.74 Å². The topological polar surface area (TPSA) is 26.3 Å². The Hall–Kier alpha value is -1.05. The van der Waals surface area contributed by atoms with Gasteiger partial charge in [-0.05, 0) is 33.6 Å². The molecule has 0 unspecified atom stereocenters. The fourth-order valence-corrected chi connectivity index (χ4v) is 1.16. The van der Waals surface area contributed by atoms with Gasteiger partial charge in [0.15, 0.2) is 0 Å². The highest BCUT2D eigenvalue weighted by Crippen LogP contribution is 2.07. The highest BCUT2D eigenvalue weighted by molar-refractivity contribution is 5.82. The second-order valence-corrected chi connectivity index (χ2v) is 4.82. The van der Waals surface area contributed by atoms with Crippen molar-refractivity contribution in [3.63, 3.8) is 0 Å². The summed E-state index contributed by atoms with van der Waals surface area (Å²) in [6.07, 6.45) is 12.0. The Morgan fingerprint density at radius 1 is 1.19 bits per heavy atom. The first kappa shape index (κ1) is 14.9. The number of unbranched alkanes of at least 4 members (excludes halogenated alkanes) is 3. The summed E-state index contributed by atoms with van der Waals surface area (Å²) in [7, 11) is 0. The van der Waals surface area contributed by atoms with Crippen LogP contribution in [-0.2, 0) is 9.53 Å². The van der Waals surface area contributed by atoms with Crippen molar-refractivity contribution < 1.29 is 9.53 Å². The zero-order chi connectivity index (χ0) is 12.4. The second-order valence-electron chi connectivity index (χ2n) is 4.82. The zero-order valence-corrected chi connectivity index (χ0v) is 11.0. The van der Waals surface area contributed by atoms with E-state index in [1.165, 1.54) is 25.3 Å². The largest absolute Gasteiger partial charge is 0.457 e. The molecule has 0 aliphatic rings. The van der Waals surface area contributed by atoms with Crippen LogP contribution in [0.2, 0.25) is 0 Å². The maximum Gasteiger partial charge on any atom is 0.331 e. The van der Waals surface area contributed by atoms with Gasteiger partial charge in [-0.3, -0.25) is 0 Å². The molecule has 0 aromatic carbocycles. The van der Waals surface area contributed by atoms with Crippen LogP contribution in [0.5, 0.6) is 0 Å². The molecule has 0 N–H and O–H groups in total. The van der Waals surface area contributed by atoms with Gasteiger partial charge in [0.1, 0.15) is 5.60 Å². The fourth-order valence-electron chi connectivity index (χ4n) is 1.16. The minimum Gasteiger partial charge on any atom is -0.457 e. The molecule has 92 valence electrons. The van der Waals surface area contributed by atoms with Crippen molar-refractivity contribution in [1.29, 1.82) is 0 Å². The van der Waals surface area contributed by atoms with E-state index in [1.54, 1.807) is 6.08 Å². The molecule has 0 aliphatic carbocycles. The molecule has 0 saturated heterocycles. The van der Waals surface area contributed by atoms with Crippen LogP contribution >= 0.6 is 0 Å². The quantitative estimate of drug-likeness (QED) is 0.295. The number of carbonyl (C=O) groups excluding carboxylic acids is 1. The molecule has 0 rings (SSSR count). The maximum atomic E-state index is 11.3. The summed E-state index contributed by atoms with van der Waals surface area (Å²) in [4.78, 5) is 11.3. The number of hydrogen-bond donors (Lipinski definition) is 0. The first-order valence-electron chi connectivity index (χ1n) is 6.02. The van der Waals surface area contributed by atoms with Crippen LogP contribution in [0.1, 0.15) is 53.4 Å². The molecule has 16 heavy (non-hydrogen) atoms. The van der Waals surface area contributed by atoms with E-state index in [0.29, 0.717) is 0 Å². The van der Waals surface area contributed by atoms with Gasteiger partial charge in [0.2, 0.25) is 0 Å². The monoisotopic (exact) mass is 224 g/mol. The summed E-state index contributed by atoms with van der Waals surface area (Å²) < 4.78 is 5.12. The van der Waals surface area contributed by atoms with Crippen LogP contribution in [0.4, 0.5) is 0 Å². The zero-order valence-electron chi connectivity index (χ0n) is 11.0. The molecule has 0 aromatic rings. The first-order chi connectivity index (χ1) is 7.45. The molecule has 0 amide bonds. The molecule has 0 atom stereocenters.